The van der Waals surface area contributed by atoms with E-state index in [1.165, 1.54) is 11.3 Å². The molecule has 1 saturated heterocycles. The second-order valence-corrected chi connectivity index (χ2v) is 6.73. The highest BCUT2D eigenvalue weighted by molar-refractivity contribution is 7.09. The van der Waals surface area contributed by atoms with Gasteiger partial charge in [0.05, 0.1) is 23.8 Å². The molecule has 3 rings (SSSR count). The second-order valence-electron chi connectivity index (χ2n) is 5.38. The summed E-state index contributed by atoms with van der Waals surface area (Å²) < 4.78 is 5.24. The Kier molecular flexibility index (Phi) is 5.64. The van der Waals surface area contributed by atoms with Crippen molar-refractivity contribution in [3.63, 3.8) is 0 Å². The van der Waals surface area contributed by atoms with Crippen molar-refractivity contribution >= 4 is 40.4 Å². The molecule has 0 spiro atoms. The molecule has 0 unspecified atom stereocenters. The van der Waals surface area contributed by atoms with E-state index in [2.05, 4.69) is 10.3 Å². The Morgan fingerprint density at radius 1 is 1.36 bits per heavy atom. The zero-order valence-corrected chi connectivity index (χ0v) is 14.9. The molecule has 2 heterocycles. The molecule has 132 valence electrons. The highest BCUT2D eigenvalue weighted by Crippen LogP contribution is 2.23. The molecule has 2 aromatic rings. The van der Waals surface area contributed by atoms with Crippen LogP contribution in [-0.2, 0) is 11.3 Å². The third-order valence-electron chi connectivity index (χ3n) is 3.71. The predicted octanol–water partition coefficient (Wildman–Crippen LogP) is 1.98. The van der Waals surface area contributed by atoms with Crippen molar-refractivity contribution in [2.75, 3.05) is 31.6 Å². The monoisotopic (exact) mass is 380 g/mol. The van der Waals surface area contributed by atoms with Crippen LogP contribution in [0.5, 0.6) is 0 Å². The van der Waals surface area contributed by atoms with Crippen molar-refractivity contribution in [3.8, 4) is 0 Å². The molecule has 3 N–H and O–H groups in total. The minimum Gasteiger partial charge on any atom is -0.378 e. The van der Waals surface area contributed by atoms with Crippen molar-refractivity contribution in [2.24, 2.45) is 5.73 Å². The highest BCUT2D eigenvalue weighted by Gasteiger charge is 2.21. The summed E-state index contributed by atoms with van der Waals surface area (Å²) in [6.07, 6.45) is 0. The van der Waals surface area contributed by atoms with Crippen LogP contribution in [-0.4, -0.2) is 48.0 Å². The molecule has 7 nitrogen and oxygen atoms in total. The van der Waals surface area contributed by atoms with Crippen LogP contribution in [0.15, 0.2) is 23.6 Å². The second kappa shape index (κ2) is 7.92. The minimum absolute atomic E-state index is 0.140. The van der Waals surface area contributed by atoms with Gasteiger partial charge in [0, 0.05) is 30.7 Å². The first kappa shape index (κ1) is 17.8. The number of nitrogens with two attached hydrogens (primary N) is 1. The number of nitrogens with zero attached hydrogens (tertiary/aromatic N) is 2. The summed E-state index contributed by atoms with van der Waals surface area (Å²) in [7, 11) is 0. The van der Waals surface area contributed by atoms with Gasteiger partial charge in [-0.15, -0.1) is 11.3 Å². The number of carbonyl (C=O) groups is 2. The Bertz CT molecular complexity index is 789. The first-order valence-electron chi connectivity index (χ1n) is 7.71. The van der Waals surface area contributed by atoms with E-state index in [4.69, 9.17) is 22.1 Å². The van der Waals surface area contributed by atoms with Gasteiger partial charge < -0.3 is 20.7 Å². The van der Waals surface area contributed by atoms with Gasteiger partial charge in [-0.05, 0) is 18.2 Å². The SMILES string of the molecule is NCc1nc(C(=O)Nc2ccc(C(=O)N3CCOCC3)c(Cl)c2)cs1. The van der Waals surface area contributed by atoms with E-state index < -0.39 is 0 Å². The summed E-state index contributed by atoms with van der Waals surface area (Å²) in [4.78, 5) is 30.5. The standard InChI is InChI=1S/C16H17ClN4O3S/c17-12-7-10(19-15(22)13-9-25-14(8-18)20-13)1-2-11(12)16(23)21-3-5-24-6-4-21/h1-2,7,9H,3-6,8,18H2,(H,19,22). The largest absolute Gasteiger partial charge is 0.378 e. The van der Waals surface area contributed by atoms with Gasteiger partial charge in [0.2, 0.25) is 0 Å². The van der Waals surface area contributed by atoms with E-state index in [9.17, 15) is 9.59 Å². The molecule has 0 aliphatic carbocycles. The van der Waals surface area contributed by atoms with Crippen molar-refractivity contribution < 1.29 is 14.3 Å². The topological polar surface area (TPSA) is 97.5 Å². The van der Waals surface area contributed by atoms with Gasteiger partial charge in [-0.25, -0.2) is 4.98 Å². The minimum atomic E-state index is -0.348. The first-order chi connectivity index (χ1) is 12.1. The quantitative estimate of drug-likeness (QED) is 0.845. The Morgan fingerprint density at radius 3 is 2.76 bits per heavy atom. The molecule has 25 heavy (non-hydrogen) atoms. The van der Waals surface area contributed by atoms with Gasteiger partial charge in [-0.1, -0.05) is 11.6 Å². The third-order valence-corrected chi connectivity index (χ3v) is 4.90. The number of carbonyl (C=O) groups excluding carboxylic acids is 2. The van der Waals surface area contributed by atoms with Gasteiger partial charge >= 0.3 is 0 Å². The molecule has 1 fully saturated rings. The lowest BCUT2D eigenvalue weighted by Crippen LogP contribution is -2.40. The number of ether oxygens (including phenoxy) is 1. The van der Waals surface area contributed by atoms with Crippen LogP contribution in [0.1, 0.15) is 25.9 Å². The third kappa shape index (κ3) is 4.16. The summed E-state index contributed by atoms with van der Waals surface area (Å²) >= 11 is 7.57. The number of halogens is 1. The maximum absolute atomic E-state index is 12.5. The first-order valence-corrected chi connectivity index (χ1v) is 8.96. The number of thiazole rings is 1. The van der Waals surface area contributed by atoms with Crippen molar-refractivity contribution in [1.29, 1.82) is 0 Å². The number of hydrogen-bond donors (Lipinski definition) is 2. The van der Waals surface area contributed by atoms with Gasteiger partial charge in [0.15, 0.2) is 0 Å². The normalized spacial score (nSPS) is 14.4. The van der Waals surface area contributed by atoms with Crippen molar-refractivity contribution in [1.82, 2.24) is 9.88 Å². The maximum Gasteiger partial charge on any atom is 0.275 e. The smallest absolute Gasteiger partial charge is 0.275 e. The van der Waals surface area contributed by atoms with Crippen LogP contribution in [0.4, 0.5) is 5.69 Å². The molecule has 0 atom stereocenters. The van der Waals surface area contributed by atoms with E-state index >= 15 is 0 Å². The van der Waals surface area contributed by atoms with E-state index in [0.29, 0.717) is 54.8 Å². The molecular weight excluding hydrogens is 364 g/mol. The van der Waals surface area contributed by atoms with Gasteiger partial charge in [0.1, 0.15) is 10.7 Å². The number of rotatable bonds is 4. The fourth-order valence-electron chi connectivity index (χ4n) is 2.41. The van der Waals surface area contributed by atoms with Crippen LogP contribution >= 0.6 is 22.9 Å². The van der Waals surface area contributed by atoms with Crippen molar-refractivity contribution in [2.45, 2.75) is 6.54 Å². The van der Waals surface area contributed by atoms with E-state index in [-0.39, 0.29) is 16.8 Å². The van der Waals surface area contributed by atoms with Crippen LogP contribution < -0.4 is 11.1 Å². The summed E-state index contributed by atoms with van der Waals surface area (Å²) in [6.45, 7) is 2.43. The molecule has 1 aromatic carbocycles. The number of nitrogens with one attached hydrogen (secondary N) is 1. The average Bonchev–Trinajstić information content (AvgIpc) is 3.11. The van der Waals surface area contributed by atoms with Crippen molar-refractivity contribution in [3.05, 3.63) is 44.9 Å². The average molecular weight is 381 g/mol. The van der Waals surface area contributed by atoms with Crippen LogP contribution in [0.25, 0.3) is 0 Å². The summed E-state index contributed by atoms with van der Waals surface area (Å²) in [6, 6.07) is 4.82. The Balaban J connectivity index is 1.70. The van der Waals surface area contributed by atoms with E-state index in [1.807, 2.05) is 0 Å². The fraction of sp³-hybridized carbons (Fsp3) is 0.312. The van der Waals surface area contributed by atoms with Gasteiger partial charge in [-0.3, -0.25) is 9.59 Å². The fourth-order valence-corrected chi connectivity index (χ4v) is 3.32. The Morgan fingerprint density at radius 2 is 2.12 bits per heavy atom. The zero-order valence-electron chi connectivity index (χ0n) is 13.3. The number of anilines is 1. The molecule has 1 aromatic heterocycles. The molecule has 0 saturated carbocycles. The van der Waals surface area contributed by atoms with E-state index in [0.717, 1.165) is 0 Å². The lowest BCUT2D eigenvalue weighted by Gasteiger charge is -2.27. The number of aromatic nitrogens is 1. The predicted molar refractivity (Wildman–Crippen MR) is 96.1 cm³/mol. The molecule has 2 amide bonds. The van der Waals surface area contributed by atoms with Crippen LogP contribution in [0, 0.1) is 0 Å². The summed E-state index contributed by atoms with van der Waals surface area (Å²) in [5.74, 6) is -0.488. The van der Waals surface area contributed by atoms with Crippen LogP contribution in [0.2, 0.25) is 5.02 Å². The van der Waals surface area contributed by atoms with E-state index in [1.54, 1.807) is 28.5 Å². The Hall–Kier alpha value is -2.00. The lowest BCUT2D eigenvalue weighted by molar-refractivity contribution is 0.0303. The molecule has 0 bridgehead atoms. The molecular formula is C16H17ClN4O3S. The molecule has 1 aliphatic rings. The molecule has 1 aliphatic heterocycles. The number of morpholine rings is 1. The van der Waals surface area contributed by atoms with Gasteiger partial charge in [-0.2, -0.15) is 0 Å². The Labute approximate surface area is 153 Å². The number of hydrogen-bond acceptors (Lipinski definition) is 6. The summed E-state index contributed by atoms with van der Waals surface area (Å²) in [5, 5.41) is 5.34. The summed E-state index contributed by atoms with van der Waals surface area (Å²) in [5.41, 5.74) is 6.70. The number of benzene rings is 1. The molecule has 0 radical (unpaired) electrons. The lowest BCUT2D eigenvalue weighted by atomic mass is 10.1. The number of amides is 2. The zero-order chi connectivity index (χ0) is 17.8. The highest BCUT2D eigenvalue weighted by atomic mass is 35.5. The molecule has 9 heteroatoms. The van der Waals surface area contributed by atoms with Crippen LogP contribution in [0.3, 0.4) is 0 Å². The van der Waals surface area contributed by atoms with Gasteiger partial charge in [0.25, 0.3) is 11.8 Å². The maximum atomic E-state index is 12.5.